The molecule has 5 nitrogen and oxygen atoms in total. The summed E-state index contributed by atoms with van der Waals surface area (Å²) in [6.45, 7) is 2.40. The van der Waals surface area contributed by atoms with E-state index in [-0.39, 0.29) is 24.3 Å². The Balaban J connectivity index is 1.77. The van der Waals surface area contributed by atoms with Gasteiger partial charge < -0.3 is 15.0 Å². The summed E-state index contributed by atoms with van der Waals surface area (Å²) in [5.41, 5.74) is 1.93. The van der Waals surface area contributed by atoms with Gasteiger partial charge in [-0.1, -0.05) is 68.7 Å². The Hall–Kier alpha value is -2.82. The second kappa shape index (κ2) is 11.5. The molecule has 3 rings (SSSR count). The van der Waals surface area contributed by atoms with Crippen LogP contribution in [0.4, 0.5) is 0 Å². The van der Waals surface area contributed by atoms with E-state index in [0.29, 0.717) is 13.0 Å². The van der Waals surface area contributed by atoms with E-state index in [1.807, 2.05) is 61.5 Å². The molecule has 1 aliphatic carbocycles. The maximum Gasteiger partial charge on any atom is 0.243 e. The first-order valence-corrected chi connectivity index (χ1v) is 11.4. The van der Waals surface area contributed by atoms with E-state index >= 15 is 0 Å². The molecule has 0 bridgehead atoms. The lowest BCUT2D eigenvalue weighted by molar-refractivity contribution is -0.141. The van der Waals surface area contributed by atoms with Crippen molar-refractivity contribution in [2.75, 3.05) is 7.11 Å². The summed E-state index contributed by atoms with van der Waals surface area (Å²) in [6, 6.07) is 17.2. The number of carbonyl (C=O) groups excluding carboxylic acids is 2. The van der Waals surface area contributed by atoms with Crippen molar-refractivity contribution in [3.63, 3.8) is 0 Å². The average molecular weight is 423 g/mol. The van der Waals surface area contributed by atoms with Gasteiger partial charge in [-0.05, 0) is 42.5 Å². The molecule has 0 heterocycles. The number of hydrogen-bond donors (Lipinski definition) is 1. The largest absolute Gasteiger partial charge is 0.497 e. The highest BCUT2D eigenvalue weighted by Crippen LogP contribution is 2.20. The highest BCUT2D eigenvalue weighted by molar-refractivity contribution is 5.88. The number of amides is 2. The van der Waals surface area contributed by atoms with Gasteiger partial charge in [0.1, 0.15) is 11.8 Å². The van der Waals surface area contributed by atoms with E-state index in [2.05, 4.69) is 5.32 Å². The molecule has 166 valence electrons. The van der Waals surface area contributed by atoms with Gasteiger partial charge in [0.25, 0.3) is 0 Å². The van der Waals surface area contributed by atoms with Crippen LogP contribution in [0.2, 0.25) is 0 Å². The van der Waals surface area contributed by atoms with Crippen LogP contribution in [0.15, 0.2) is 54.6 Å². The van der Waals surface area contributed by atoms with E-state index in [1.54, 1.807) is 12.0 Å². The van der Waals surface area contributed by atoms with Crippen molar-refractivity contribution in [1.82, 2.24) is 10.2 Å². The van der Waals surface area contributed by atoms with Crippen LogP contribution in [0.3, 0.4) is 0 Å². The van der Waals surface area contributed by atoms with E-state index in [9.17, 15) is 9.59 Å². The fourth-order valence-electron chi connectivity index (χ4n) is 4.26. The highest BCUT2D eigenvalue weighted by atomic mass is 16.5. The molecule has 0 unspecified atom stereocenters. The van der Waals surface area contributed by atoms with Crippen molar-refractivity contribution in [2.24, 2.45) is 0 Å². The summed E-state index contributed by atoms with van der Waals surface area (Å²) in [5.74, 6) is 0.684. The molecule has 0 saturated heterocycles. The molecule has 31 heavy (non-hydrogen) atoms. The molecule has 2 amide bonds. The lowest BCUT2D eigenvalue weighted by Gasteiger charge is -2.33. The number of carbonyl (C=O) groups is 2. The number of ether oxygens (including phenoxy) is 1. The van der Waals surface area contributed by atoms with Crippen LogP contribution in [0.5, 0.6) is 5.75 Å². The number of nitrogens with zero attached hydrogens (tertiary/aromatic N) is 1. The van der Waals surface area contributed by atoms with Crippen molar-refractivity contribution in [2.45, 2.75) is 70.5 Å². The maximum absolute atomic E-state index is 13.4. The molecule has 1 aliphatic rings. The molecule has 2 aromatic rings. The predicted octanol–water partition coefficient (Wildman–Crippen LogP) is 4.49. The molecule has 5 heteroatoms. The first-order valence-electron chi connectivity index (χ1n) is 11.4. The van der Waals surface area contributed by atoms with Gasteiger partial charge in [-0.15, -0.1) is 0 Å². The number of benzene rings is 2. The summed E-state index contributed by atoms with van der Waals surface area (Å²) in [6.07, 6.45) is 6.45. The molecule has 0 spiro atoms. The van der Waals surface area contributed by atoms with Crippen LogP contribution in [-0.2, 0) is 22.6 Å². The topological polar surface area (TPSA) is 58.6 Å². The molecule has 1 fully saturated rings. The van der Waals surface area contributed by atoms with Gasteiger partial charge in [0.15, 0.2) is 0 Å². The Morgan fingerprint density at radius 1 is 1.00 bits per heavy atom. The normalized spacial score (nSPS) is 15.2. The Morgan fingerprint density at radius 2 is 1.68 bits per heavy atom. The van der Waals surface area contributed by atoms with E-state index in [0.717, 1.165) is 42.6 Å². The minimum Gasteiger partial charge on any atom is -0.497 e. The van der Waals surface area contributed by atoms with Gasteiger partial charge in [-0.25, -0.2) is 0 Å². The lowest BCUT2D eigenvalue weighted by Crippen LogP contribution is -2.51. The number of hydrogen-bond acceptors (Lipinski definition) is 3. The van der Waals surface area contributed by atoms with Gasteiger partial charge in [-0.3, -0.25) is 9.59 Å². The molecule has 0 radical (unpaired) electrons. The van der Waals surface area contributed by atoms with Crippen molar-refractivity contribution in [3.8, 4) is 5.75 Å². The second-order valence-corrected chi connectivity index (χ2v) is 8.30. The summed E-state index contributed by atoms with van der Waals surface area (Å²) in [7, 11) is 1.62. The lowest BCUT2D eigenvalue weighted by atomic mass is 9.95. The minimum absolute atomic E-state index is 0.0339. The molecule has 0 aliphatic heterocycles. The van der Waals surface area contributed by atoms with Crippen molar-refractivity contribution < 1.29 is 14.3 Å². The Labute approximate surface area is 185 Å². The molecular formula is C26H34N2O3. The fourth-order valence-corrected chi connectivity index (χ4v) is 4.26. The fraction of sp³-hybridized carbons (Fsp3) is 0.462. The van der Waals surface area contributed by atoms with Gasteiger partial charge >= 0.3 is 0 Å². The van der Waals surface area contributed by atoms with Gasteiger partial charge in [-0.2, -0.15) is 0 Å². The molecular weight excluding hydrogens is 388 g/mol. The molecule has 1 atom stereocenters. The zero-order valence-corrected chi connectivity index (χ0v) is 18.7. The van der Waals surface area contributed by atoms with Crippen LogP contribution in [-0.4, -0.2) is 35.9 Å². The van der Waals surface area contributed by atoms with E-state index in [1.165, 1.54) is 6.42 Å². The monoisotopic (exact) mass is 422 g/mol. The first kappa shape index (κ1) is 22.9. The van der Waals surface area contributed by atoms with Crippen molar-refractivity contribution in [1.29, 1.82) is 0 Å². The first-order chi connectivity index (χ1) is 15.1. The zero-order chi connectivity index (χ0) is 22.1. The molecule has 0 aromatic heterocycles. The summed E-state index contributed by atoms with van der Waals surface area (Å²) >= 11 is 0. The zero-order valence-electron chi connectivity index (χ0n) is 18.7. The number of methoxy groups -OCH3 is 1. The van der Waals surface area contributed by atoms with Crippen molar-refractivity contribution >= 4 is 11.8 Å². The van der Waals surface area contributed by atoms with E-state index in [4.69, 9.17) is 4.74 Å². The quantitative estimate of drug-likeness (QED) is 0.648. The molecule has 2 aromatic carbocycles. The average Bonchev–Trinajstić information content (AvgIpc) is 2.80. The van der Waals surface area contributed by atoms with Crippen molar-refractivity contribution in [3.05, 3.63) is 65.7 Å². The third-order valence-corrected chi connectivity index (χ3v) is 6.05. The third-order valence-electron chi connectivity index (χ3n) is 6.05. The summed E-state index contributed by atoms with van der Waals surface area (Å²) in [5, 5.41) is 3.22. The Kier molecular flexibility index (Phi) is 8.51. The van der Waals surface area contributed by atoms with Crippen LogP contribution in [0, 0.1) is 0 Å². The highest BCUT2D eigenvalue weighted by Gasteiger charge is 2.30. The van der Waals surface area contributed by atoms with E-state index < -0.39 is 6.04 Å². The summed E-state index contributed by atoms with van der Waals surface area (Å²) in [4.78, 5) is 28.3. The standard InChI is InChI=1S/C26H34N2O3/c1-3-24(26(30)27-22-12-8-5-9-13-22)28(19-21-10-6-4-7-11-21)25(29)18-20-14-16-23(31-2)17-15-20/h4,6-7,10-11,14-17,22,24H,3,5,8-9,12-13,18-19H2,1-2H3,(H,27,30)/t24-/m0/s1. The number of nitrogens with one attached hydrogen (secondary N) is 1. The smallest absolute Gasteiger partial charge is 0.243 e. The summed E-state index contributed by atoms with van der Waals surface area (Å²) < 4.78 is 5.21. The van der Waals surface area contributed by atoms with Gasteiger partial charge in [0, 0.05) is 12.6 Å². The molecule has 1 saturated carbocycles. The van der Waals surface area contributed by atoms with Crippen LogP contribution in [0.1, 0.15) is 56.6 Å². The Morgan fingerprint density at radius 3 is 2.29 bits per heavy atom. The third kappa shape index (κ3) is 6.58. The van der Waals surface area contributed by atoms with Crippen LogP contribution in [0.25, 0.3) is 0 Å². The number of rotatable bonds is 9. The predicted molar refractivity (Wildman–Crippen MR) is 123 cm³/mol. The van der Waals surface area contributed by atoms with Gasteiger partial charge in [0.2, 0.25) is 11.8 Å². The van der Waals surface area contributed by atoms with Crippen LogP contribution < -0.4 is 10.1 Å². The molecule has 1 N–H and O–H groups in total. The Bertz CT molecular complexity index is 829. The van der Waals surface area contributed by atoms with Crippen LogP contribution >= 0.6 is 0 Å². The second-order valence-electron chi connectivity index (χ2n) is 8.30. The van der Waals surface area contributed by atoms with Gasteiger partial charge in [0.05, 0.1) is 13.5 Å². The minimum atomic E-state index is -0.479. The SMILES string of the molecule is CC[C@@H](C(=O)NC1CCCCC1)N(Cc1ccccc1)C(=O)Cc1ccc(OC)cc1. The maximum atomic E-state index is 13.4.